The highest BCUT2D eigenvalue weighted by Gasteiger charge is 2.10. The van der Waals surface area contributed by atoms with E-state index in [4.69, 9.17) is 9.84 Å². The van der Waals surface area contributed by atoms with Crippen molar-refractivity contribution in [2.75, 3.05) is 31.6 Å². The Balaban J connectivity index is 2.65. The second-order valence-corrected chi connectivity index (χ2v) is 3.86. The number of nitrogens with one attached hydrogen (secondary N) is 1. The molecule has 0 saturated carbocycles. The molecule has 1 aromatic carbocycles. The zero-order valence-corrected chi connectivity index (χ0v) is 11.1. The van der Waals surface area contributed by atoms with Gasteiger partial charge in [0.1, 0.15) is 12.4 Å². The van der Waals surface area contributed by atoms with E-state index >= 15 is 0 Å². The van der Waals surface area contributed by atoms with E-state index in [9.17, 15) is 4.79 Å². The number of urea groups is 1. The number of rotatable bonds is 7. The van der Waals surface area contributed by atoms with E-state index < -0.39 is 0 Å². The first kappa shape index (κ1) is 15.0. The summed E-state index contributed by atoms with van der Waals surface area (Å²) in [5.41, 5.74) is 0.656. The van der Waals surface area contributed by atoms with Crippen LogP contribution >= 0.6 is 0 Å². The molecule has 0 aromatic heterocycles. The number of aliphatic hydroxyl groups excluding tert-OH is 1. The van der Waals surface area contributed by atoms with Gasteiger partial charge in [0, 0.05) is 24.8 Å². The van der Waals surface area contributed by atoms with Gasteiger partial charge in [-0.2, -0.15) is 0 Å². The molecule has 104 valence electrons. The van der Waals surface area contributed by atoms with Gasteiger partial charge in [0.2, 0.25) is 0 Å². The molecule has 0 spiro atoms. The summed E-state index contributed by atoms with van der Waals surface area (Å²) in [6, 6.07) is 6.90. The Morgan fingerprint density at radius 3 is 3.00 bits per heavy atom. The van der Waals surface area contributed by atoms with Crippen LogP contribution in [0.3, 0.4) is 0 Å². The standard InChI is InChI=1S/C14H20N2O3/c1-3-10-19-13-7-5-6-12(11-13)15-14(18)16(4-2)8-9-17/h3,5-7,11,17H,1,4,8-10H2,2H3,(H,15,18). The van der Waals surface area contributed by atoms with Crippen molar-refractivity contribution in [3.05, 3.63) is 36.9 Å². The lowest BCUT2D eigenvalue weighted by atomic mass is 10.3. The Hall–Kier alpha value is -2.01. The third kappa shape index (κ3) is 5.01. The fourth-order valence-electron chi connectivity index (χ4n) is 1.55. The number of amides is 2. The van der Waals surface area contributed by atoms with Crippen LogP contribution in [-0.2, 0) is 0 Å². The van der Waals surface area contributed by atoms with Gasteiger partial charge in [0.25, 0.3) is 0 Å². The monoisotopic (exact) mass is 264 g/mol. The number of nitrogens with zero attached hydrogens (tertiary/aromatic N) is 1. The fourth-order valence-corrected chi connectivity index (χ4v) is 1.55. The van der Waals surface area contributed by atoms with Crippen molar-refractivity contribution in [2.24, 2.45) is 0 Å². The van der Waals surface area contributed by atoms with Crippen LogP contribution in [0.15, 0.2) is 36.9 Å². The summed E-state index contributed by atoms with van der Waals surface area (Å²) >= 11 is 0. The van der Waals surface area contributed by atoms with Crippen molar-refractivity contribution in [3.8, 4) is 5.75 Å². The molecule has 2 amide bonds. The lowest BCUT2D eigenvalue weighted by Gasteiger charge is -2.20. The maximum atomic E-state index is 11.9. The minimum absolute atomic E-state index is 0.0518. The summed E-state index contributed by atoms with van der Waals surface area (Å²) in [7, 11) is 0. The molecular weight excluding hydrogens is 244 g/mol. The number of hydrogen-bond donors (Lipinski definition) is 2. The predicted molar refractivity (Wildman–Crippen MR) is 75.5 cm³/mol. The molecule has 0 aliphatic carbocycles. The second-order valence-electron chi connectivity index (χ2n) is 3.86. The summed E-state index contributed by atoms with van der Waals surface area (Å²) in [4.78, 5) is 13.4. The Bertz CT molecular complexity index is 421. The number of aliphatic hydroxyl groups is 1. The van der Waals surface area contributed by atoms with Crippen molar-refractivity contribution in [1.29, 1.82) is 0 Å². The van der Waals surface area contributed by atoms with Gasteiger partial charge in [-0.1, -0.05) is 18.7 Å². The molecule has 5 heteroatoms. The van der Waals surface area contributed by atoms with Gasteiger partial charge < -0.3 is 20.1 Å². The molecule has 0 bridgehead atoms. The first-order valence-corrected chi connectivity index (χ1v) is 6.21. The maximum absolute atomic E-state index is 11.9. The van der Waals surface area contributed by atoms with Gasteiger partial charge in [-0.05, 0) is 19.1 Å². The van der Waals surface area contributed by atoms with E-state index in [1.165, 1.54) is 4.90 Å². The zero-order chi connectivity index (χ0) is 14.1. The summed E-state index contributed by atoms with van der Waals surface area (Å²) in [5.74, 6) is 0.669. The minimum Gasteiger partial charge on any atom is -0.489 e. The predicted octanol–water partition coefficient (Wildman–Crippen LogP) is 2.10. The molecule has 0 radical (unpaired) electrons. The highest BCUT2D eigenvalue weighted by molar-refractivity contribution is 5.89. The first-order valence-electron chi connectivity index (χ1n) is 6.21. The number of likely N-dealkylation sites (N-methyl/N-ethyl adjacent to an activating group) is 1. The van der Waals surface area contributed by atoms with Gasteiger partial charge in [0.05, 0.1) is 6.61 Å². The molecule has 1 rings (SSSR count). The van der Waals surface area contributed by atoms with E-state index in [1.54, 1.807) is 24.3 Å². The van der Waals surface area contributed by atoms with E-state index in [1.807, 2.05) is 13.0 Å². The van der Waals surface area contributed by atoms with Gasteiger partial charge in [-0.15, -0.1) is 0 Å². The van der Waals surface area contributed by atoms with Gasteiger partial charge in [-0.3, -0.25) is 0 Å². The third-order valence-electron chi connectivity index (χ3n) is 2.49. The fraction of sp³-hybridized carbons (Fsp3) is 0.357. The summed E-state index contributed by atoms with van der Waals surface area (Å²) in [6.45, 7) is 6.66. The summed E-state index contributed by atoms with van der Waals surface area (Å²) < 4.78 is 5.39. The number of anilines is 1. The first-order chi connectivity index (χ1) is 9.21. The Morgan fingerprint density at radius 2 is 2.37 bits per heavy atom. The van der Waals surface area contributed by atoms with Crippen LogP contribution in [-0.4, -0.2) is 42.3 Å². The Kier molecular flexibility index (Phi) is 6.46. The molecule has 0 aliphatic heterocycles. The second kappa shape index (κ2) is 8.16. The largest absolute Gasteiger partial charge is 0.489 e. The van der Waals surface area contributed by atoms with Gasteiger partial charge in [-0.25, -0.2) is 4.79 Å². The maximum Gasteiger partial charge on any atom is 0.321 e. The smallest absolute Gasteiger partial charge is 0.321 e. The van der Waals surface area contributed by atoms with Gasteiger partial charge >= 0.3 is 6.03 Å². The van der Waals surface area contributed by atoms with Crippen molar-refractivity contribution < 1.29 is 14.6 Å². The van der Waals surface area contributed by atoms with Crippen LogP contribution in [0.25, 0.3) is 0 Å². The molecule has 0 heterocycles. The molecule has 1 aromatic rings. The number of carbonyl (C=O) groups is 1. The van der Waals surface area contributed by atoms with Crippen LogP contribution in [0.1, 0.15) is 6.92 Å². The highest BCUT2D eigenvalue weighted by atomic mass is 16.5. The van der Waals surface area contributed by atoms with E-state index in [2.05, 4.69) is 11.9 Å². The SMILES string of the molecule is C=CCOc1cccc(NC(=O)N(CC)CCO)c1. The average molecular weight is 264 g/mol. The average Bonchev–Trinajstić information content (AvgIpc) is 2.42. The van der Waals surface area contributed by atoms with E-state index in [0.29, 0.717) is 31.1 Å². The molecule has 19 heavy (non-hydrogen) atoms. The van der Waals surface area contributed by atoms with Crippen molar-refractivity contribution >= 4 is 11.7 Å². The van der Waals surface area contributed by atoms with Gasteiger partial charge in [0.15, 0.2) is 0 Å². The van der Waals surface area contributed by atoms with Crippen LogP contribution < -0.4 is 10.1 Å². The van der Waals surface area contributed by atoms with Crippen molar-refractivity contribution in [3.63, 3.8) is 0 Å². The number of carbonyl (C=O) groups excluding carboxylic acids is 1. The van der Waals surface area contributed by atoms with Crippen molar-refractivity contribution in [2.45, 2.75) is 6.92 Å². The quantitative estimate of drug-likeness (QED) is 0.741. The normalized spacial score (nSPS) is 9.79. The van der Waals surface area contributed by atoms with Crippen LogP contribution in [0.5, 0.6) is 5.75 Å². The lowest BCUT2D eigenvalue weighted by Crippen LogP contribution is -2.36. The van der Waals surface area contributed by atoms with Crippen LogP contribution in [0.2, 0.25) is 0 Å². The highest BCUT2D eigenvalue weighted by Crippen LogP contribution is 2.17. The molecular formula is C14H20N2O3. The topological polar surface area (TPSA) is 61.8 Å². The number of hydrogen-bond acceptors (Lipinski definition) is 3. The van der Waals surface area contributed by atoms with Crippen LogP contribution in [0.4, 0.5) is 10.5 Å². The van der Waals surface area contributed by atoms with E-state index in [0.717, 1.165) is 0 Å². The minimum atomic E-state index is -0.238. The molecule has 5 nitrogen and oxygen atoms in total. The Labute approximate surface area is 113 Å². The van der Waals surface area contributed by atoms with Crippen LogP contribution in [0, 0.1) is 0 Å². The molecule has 0 unspecified atom stereocenters. The zero-order valence-electron chi connectivity index (χ0n) is 11.1. The molecule has 0 fully saturated rings. The lowest BCUT2D eigenvalue weighted by molar-refractivity contribution is 0.192. The number of benzene rings is 1. The molecule has 0 saturated heterocycles. The molecule has 0 aliphatic rings. The number of ether oxygens (including phenoxy) is 1. The van der Waals surface area contributed by atoms with Crippen molar-refractivity contribution in [1.82, 2.24) is 4.90 Å². The Morgan fingerprint density at radius 1 is 1.58 bits per heavy atom. The summed E-state index contributed by atoms with van der Waals surface area (Å²) in [5, 5.41) is 11.6. The molecule has 0 atom stereocenters. The molecule has 2 N–H and O–H groups in total. The third-order valence-corrected chi connectivity index (χ3v) is 2.49. The van der Waals surface area contributed by atoms with E-state index in [-0.39, 0.29) is 12.6 Å². The summed E-state index contributed by atoms with van der Waals surface area (Å²) in [6.07, 6.45) is 1.66.